The molecule has 228 valence electrons. The minimum absolute atomic E-state index is 0.0971. The quantitative estimate of drug-likeness (QED) is 0.279. The molecule has 2 aliphatic carbocycles. The fourth-order valence-electron chi connectivity index (χ4n) is 5.16. The summed E-state index contributed by atoms with van der Waals surface area (Å²) in [6.45, 7) is 3.17. The molecule has 2 fully saturated rings. The highest BCUT2D eigenvalue weighted by Crippen LogP contribution is 2.51. The van der Waals surface area contributed by atoms with Crippen LogP contribution in [-0.2, 0) is 14.4 Å². The highest BCUT2D eigenvalue weighted by Gasteiger charge is 2.48. The summed E-state index contributed by atoms with van der Waals surface area (Å²) in [7, 11) is 0. The van der Waals surface area contributed by atoms with E-state index in [1.165, 1.54) is 12.3 Å². The number of aromatic nitrogens is 2. The maximum atomic E-state index is 15.2. The van der Waals surface area contributed by atoms with Gasteiger partial charge in [0.1, 0.15) is 30.1 Å². The number of carbonyl (C=O) groups is 4. The van der Waals surface area contributed by atoms with Crippen LogP contribution >= 0.6 is 0 Å². The Morgan fingerprint density at radius 2 is 1.64 bits per heavy atom. The number of carbonyl (C=O) groups excluding carboxylic acids is 4. The molecule has 14 heteroatoms. The van der Waals surface area contributed by atoms with Gasteiger partial charge in [0.25, 0.3) is 5.91 Å². The number of halogens is 4. The van der Waals surface area contributed by atoms with Crippen LogP contribution in [0.1, 0.15) is 74.6 Å². The van der Waals surface area contributed by atoms with Crippen LogP contribution in [0.5, 0.6) is 0 Å². The lowest BCUT2D eigenvalue weighted by molar-refractivity contribution is -0.140. The Morgan fingerprint density at radius 1 is 1.00 bits per heavy atom. The summed E-state index contributed by atoms with van der Waals surface area (Å²) in [5, 5.41) is 13.5. The lowest BCUT2D eigenvalue weighted by atomic mass is 9.88. The first-order chi connectivity index (χ1) is 19.7. The molecular weight excluding hydrogens is 560 g/mol. The SMILES string of the molecule is CC(=O)NC(C(=O)NCC(F)(F)F)c1ccc(NC(=O)[C@@H](NC(=O)c2ccnn2C(C)C)C(C2CC2)C2CC2)c(F)c1. The summed E-state index contributed by atoms with van der Waals surface area (Å²) in [5.41, 5.74) is -0.0876. The molecule has 4 rings (SSSR count). The molecule has 0 radical (unpaired) electrons. The van der Waals surface area contributed by atoms with Gasteiger partial charge >= 0.3 is 6.18 Å². The fraction of sp³-hybridized carbons (Fsp3) is 0.536. The zero-order valence-electron chi connectivity index (χ0n) is 23.4. The molecule has 42 heavy (non-hydrogen) atoms. The first kappa shape index (κ1) is 31.0. The summed E-state index contributed by atoms with van der Waals surface area (Å²) in [6, 6.07) is 2.15. The monoisotopic (exact) mass is 594 g/mol. The van der Waals surface area contributed by atoms with E-state index in [1.807, 2.05) is 13.8 Å². The van der Waals surface area contributed by atoms with Crippen LogP contribution in [0.3, 0.4) is 0 Å². The zero-order chi connectivity index (χ0) is 30.8. The smallest absolute Gasteiger partial charge is 0.345 e. The summed E-state index contributed by atoms with van der Waals surface area (Å²) >= 11 is 0. The fourth-order valence-corrected chi connectivity index (χ4v) is 5.16. The third-order valence-electron chi connectivity index (χ3n) is 7.34. The van der Waals surface area contributed by atoms with Crippen LogP contribution in [0.25, 0.3) is 0 Å². The van der Waals surface area contributed by atoms with Crippen LogP contribution in [0.4, 0.5) is 23.2 Å². The summed E-state index contributed by atoms with van der Waals surface area (Å²) < 4.78 is 54.6. The number of hydrogen-bond acceptors (Lipinski definition) is 5. The minimum Gasteiger partial charge on any atom is -0.345 e. The Hall–Kier alpha value is -3.97. The Morgan fingerprint density at radius 3 is 2.17 bits per heavy atom. The van der Waals surface area contributed by atoms with Crippen LogP contribution < -0.4 is 21.3 Å². The molecule has 2 aliphatic rings. The van der Waals surface area contributed by atoms with Crippen molar-refractivity contribution in [3.63, 3.8) is 0 Å². The average molecular weight is 595 g/mol. The Labute approximate surface area is 240 Å². The highest BCUT2D eigenvalue weighted by molar-refractivity contribution is 6.01. The van der Waals surface area contributed by atoms with E-state index in [1.54, 1.807) is 16.1 Å². The van der Waals surface area contributed by atoms with Crippen molar-refractivity contribution in [2.45, 2.75) is 70.8 Å². The number of nitrogens with one attached hydrogen (secondary N) is 4. The second-order valence-electron chi connectivity index (χ2n) is 11.2. The number of alkyl halides is 3. The average Bonchev–Trinajstić information content (AvgIpc) is 3.85. The topological polar surface area (TPSA) is 134 Å². The molecule has 1 aromatic carbocycles. The highest BCUT2D eigenvalue weighted by atomic mass is 19.4. The van der Waals surface area contributed by atoms with Crippen LogP contribution in [0.2, 0.25) is 0 Å². The molecule has 2 saturated carbocycles. The lowest BCUT2D eigenvalue weighted by Crippen LogP contribution is -2.50. The molecule has 2 atom stereocenters. The van der Waals surface area contributed by atoms with Crippen LogP contribution in [0.15, 0.2) is 30.5 Å². The summed E-state index contributed by atoms with van der Waals surface area (Å²) in [6.07, 6.45) is 0.514. The molecule has 0 bridgehead atoms. The number of amides is 4. The van der Waals surface area contributed by atoms with Gasteiger partial charge in [-0.1, -0.05) is 6.07 Å². The predicted molar refractivity (Wildman–Crippen MR) is 143 cm³/mol. The van der Waals surface area contributed by atoms with E-state index < -0.39 is 54.3 Å². The number of anilines is 1. The van der Waals surface area contributed by atoms with Crippen molar-refractivity contribution >= 4 is 29.3 Å². The van der Waals surface area contributed by atoms with E-state index >= 15 is 4.39 Å². The van der Waals surface area contributed by atoms with Gasteiger partial charge in [0.15, 0.2) is 0 Å². The van der Waals surface area contributed by atoms with E-state index in [4.69, 9.17) is 0 Å². The molecule has 0 spiro atoms. The summed E-state index contributed by atoms with van der Waals surface area (Å²) in [4.78, 5) is 50.9. The van der Waals surface area contributed by atoms with Crippen molar-refractivity contribution in [2.24, 2.45) is 17.8 Å². The third-order valence-corrected chi connectivity index (χ3v) is 7.34. The van der Waals surface area contributed by atoms with Crippen LogP contribution in [-0.4, -0.2) is 52.2 Å². The predicted octanol–water partition coefficient (Wildman–Crippen LogP) is 3.63. The molecule has 0 aliphatic heterocycles. The number of rotatable bonds is 12. The normalized spacial score (nSPS) is 16.6. The third kappa shape index (κ3) is 7.85. The van der Waals surface area contributed by atoms with Gasteiger partial charge in [-0.3, -0.25) is 23.9 Å². The van der Waals surface area contributed by atoms with Crippen molar-refractivity contribution in [3.05, 3.63) is 47.5 Å². The lowest BCUT2D eigenvalue weighted by Gasteiger charge is -2.28. The van der Waals surface area contributed by atoms with Crippen molar-refractivity contribution < 1.29 is 36.7 Å². The van der Waals surface area contributed by atoms with Gasteiger partial charge in [-0.15, -0.1) is 0 Å². The van der Waals surface area contributed by atoms with E-state index in [0.29, 0.717) is 0 Å². The van der Waals surface area contributed by atoms with E-state index in [0.717, 1.165) is 44.7 Å². The van der Waals surface area contributed by atoms with Crippen molar-refractivity contribution in [2.75, 3.05) is 11.9 Å². The van der Waals surface area contributed by atoms with Gasteiger partial charge in [0.2, 0.25) is 17.7 Å². The van der Waals surface area contributed by atoms with Crippen molar-refractivity contribution in [1.82, 2.24) is 25.7 Å². The number of hydrogen-bond donors (Lipinski definition) is 4. The molecule has 4 N–H and O–H groups in total. The molecule has 1 heterocycles. The van der Waals surface area contributed by atoms with Gasteiger partial charge in [-0.05, 0) is 81.0 Å². The van der Waals surface area contributed by atoms with Gasteiger partial charge in [-0.25, -0.2) is 4.39 Å². The van der Waals surface area contributed by atoms with Crippen molar-refractivity contribution in [1.29, 1.82) is 0 Å². The number of nitrogens with zero attached hydrogens (tertiary/aromatic N) is 2. The van der Waals surface area contributed by atoms with Gasteiger partial charge in [0, 0.05) is 19.2 Å². The molecule has 1 aromatic heterocycles. The van der Waals surface area contributed by atoms with Crippen LogP contribution in [0, 0.1) is 23.6 Å². The largest absolute Gasteiger partial charge is 0.405 e. The zero-order valence-corrected chi connectivity index (χ0v) is 23.4. The first-order valence-electron chi connectivity index (χ1n) is 13.8. The van der Waals surface area contributed by atoms with Gasteiger partial charge < -0.3 is 21.3 Å². The Kier molecular flexibility index (Phi) is 9.21. The minimum atomic E-state index is -4.69. The Bertz CT molecular complexity index is 1320. The standard InChI is InChI=1S/C28H34F4N6O4/c1-14(2)38-21(10-11-34-38)25(40)37-24(22(16-4-5-16)17-6-7-17)27(42)36-20-9-8-18(12-19(20)29)23(35-15(3)39)26(41)33-13-28(30,31)32/h8-12,14,16-17,22-24H,4-7,13H2,1-3H3,(H,33,41)(H,35,39)(H,36,42)(H,37,40)/t23?,24-/m0/s1. The molecule has 2 aromatic rings. The van der Waals surface area contributed by atoms with E-state index in [9.17, 15) is 32.3 Å². The molecule has 10 nitrogen and oxygen atoms in total. The van der Waals surface area contributed by atoms with E-state index in [2.05, 4.69) is 21.0 Å². The summed E-state index contributed by atoms with van der Waals surface area (Å²) in [5.74, 6) is -3.59. The van der Waals surface area contributed by atoms with Gasteiger partial charge in [0.05, 0.1) is 5.69 Å². The molecule has 0 saturated heterocycles. The molecule has 1 unspecified atom stereocenters. The Balaban J connectivity index is 1.54. The maximum absolute atomic E-state index is 15.2. The van der Waals surface area contributed by atoms with Crippen molar-refractivity contribution in [3.8, 4) is 0 Å². The van der Waals surface area contributed by atoms with Gasteiger partial charge in [-0.2, -0.15) is 18.3 Å². The number of benzene rings is 1. The molecular formula is C28H34F4N6O4. The second kappa shape index (κ2) is 12.5. The second-order valence-corrected chi connectivity index (χ2v) is 11.2. The maximum Gasteiger partial charge on any atom is 0.405 e. The first-order valence-corrected chi connectivity index (χ1v) is 13.8. The van der Waals surface area contributed by atoms with E-state index in [-0.39, 0.29) is 40.7 Å². The molecule has 4 amide bonds.